The predicted molar refractivity (Wildman–Crippen MR) is 104 cm³/mol. The molecule has 0 aliphatic carbocycles. The molecule has 0 bridgehead atoms. The van der Waals surface area contributed by atoms with E-state index in [2.05, 4.69) is 5.18 Å². The first-order valence-electron chi connectivity index (χ1n) is 7.91. The summed E-state index contributed by atoms with van der Waals surface area (Å²) in [5.41, 5.74) is 1.88. The number of rotatable bonds is 6. The molecule has 0 atom stereocenters. The molecule has 0 aromatic heterocycles. The van der Waals surface area contributed by atoms with Crippen molar-refractivity contribution in [2.45, 2.75) is 6.42 Å². The van der Waals surface area contributed by atoms with Gasteiger partial charge in [0.2, 0.25) is 0 Å². The third kappa shape index (κ3) is 4.56. The molecular formula is C20H14Cl2FNO3. The molecule has 3 aromatic carbocycles. The molecule has 0 fully saturated rings. The lowest BCUT2D eigenvalue weighted by Crippen LogP contribution is -1.96. The van der Waals surface area contributed by atoms with Crippen LogP contribution in [0.3, 0.4) is 0 Å². The van der Waals surface area contributed by atoms with E-state index >= 15 is 0 Å². The third-order valence-corrected chi connectivity index (χ3v) is 4.43. The van der Waals surface area contributed by atoms with E-state index in [0.717, 1.165) is 11.1 Å². The van der Waals surface area contributed by atoms with E-state index in [0.29, 0.717) is 17.9 Å². The molecular weight excluding hydrogens is 392 g/mol. The number of nitrogens with zero attached hydrogens (tertiary/aromatic N) is 1. The van der Waals surface area contributed by atoms with E-state index in [4.69, 9.17) is 32.7 Å². The molecule has 3 aromatic rings. The molecule has 0 amide bonds. The molecule has 0 heterocycles. The average molecular weight is 406 g/mol. The Balaban J connectivity index is 1.91. The van der Waals surface area contributed by atoms with Gasteiger partial charge in [-0.1, -0.05) is 35.3 Å². The largest absolute Gasteiger partial charge is 0.496 e. The Labute approximate surface area is 165 Å². The van der Waals surface area contributed by atoms with Crippen LogP contribution in [-0.4, -0.2) is 7.11 Å². The summed E-state index contributed by atoms with van der Waals surface area (Å²) in [5, 5.41) is 3.16. The first kappa shape index (κ1) is 19.1. The fourth-order valence-electron chi connectivity index (χ4n) is 2.59. The molecule has 7 heteroatoms. The van der Waals surface area contributed by atoms with Crippen molar-refractivity contribution in [3.63, 3.8) is 0 Å². The maximum absolute atomic E-state index is 13.1. The van der Waals surface area contributed by atoms with E-state index in [-0.39, 0.29) is 27.3 Å². The summed E-state index contributed by atoms with van der Waals surface area (Å²) in [5.74, 6) is 1.09. The Hall–Kier alpha value is -2.63. The highest BCUT2D eigenvalue weighted by molar-refractivity contribution is 6.37. The maximum atomic E-state index is 13.1. The highest BCUT2D eigenvalue weighted by Crippen LogP contribution is 2.40. The van der Waals surface area contributed by atoms with Crippen LogP contribution in [0.1, 0.15) is 11.1 Å². The second-order valence-electron chi connectivity index (χ2n) is 5.71. The van der Waals surface area contributed by atoms with Crippen LogP contribution < -0.4 is 9.47 Å². The van der Waals surface area contributed by atoms with Crippen LogP contribution in [0.25, 0.3) is 0 Å². The molecule has 138 valence electrons. The quantitative estimate of drug-likeness (QED) is 0.418. The number of benzene rings is 3. The van der Waals surface area contributed by atoms with Gasteiger partial charge >= 0.3 is 0 Å². The highest BCUT2D eigenvalue weighted by atomic mass is 35.5. The minimum atomic E-state index is -0.291. The van der Waals surface area contributed by atoms with Crippen molar-refractivity contribution in [3.05, 3.63) is 86.5 Å². The summed E-state index contributed by atoms with van der Waals surface area (Å²) >= 11 is 12.3. The normalized spacial score (nSPS) is 10.5. The molecule has 0 unspecified atom stereocenters. The molecule has 0 N–H and O–H groups in total. The molecule has 0 aliphatic rings. The molecule has 0 saturated carbocycles. The number of methoxy groups -OCH3 is 1. The van der Waals surface area contributed by atoms with Gasteiger partial charge in [0.1, 0.15) is 23.0 Å². The average Bonchev–Trinajstić information content (AvgIpc) is 2.66. The monoisotopic (exact) mass is 405 g/mol. The highest BCUT2D eigenvalue weighted by Gasteiger charge is 2.13. The molecule has 3 rings (SSSR count). The van der Waals surface area contributed by atoms with Gasteiger partial charge in [-0.2, -0.15) is 0 Å². The van der Waals surface area contributed by atoms with Crippen molar-refractivity contribution in [1.29, 1.82) is 0 Å². The van der Waals surface area contributed by atoms with Crippen LogP contribution in [0.15, 0.2) is 59.8 Å². The summed E-state index contributed by atoms with van der Waals surface area (Å²) in [6, 6.07) is 14.2. The van der Waals surface area contributed by atoms with E-state index in [1.54, 1.807) is 37.4 Å². The van der Waals surface area contributed by atoms with E-state index < -0.39 is 0 Å². The lowest BCUT2D eigenvalue weighted by atomic mass is 10.0. The summed E-state index contributed by atoms with van der Waals surface area (Å²) < 4.78 is 24.3. The van der Waals surface area contributed by atoms with Gasteiger partial charge in [0.15, 0.2) is 5.75 Å². The summed E-state index contributed by atoms with van der Waals surface area (Å²) in [6.07, 6.45) is 0.524. The first-order valence-corrected chi connectivity index (χ1v) is 8.67. The van der Waals surface area contributed by atoms with Gasteiger partial charge in [-0.3, -0.25) is 0 Å². The van der Waals surface area contributed by atoms with Crippen molar-refractivity contribution in [2.75, 3.05) is 7.11 Å². The Bertz CT molecular complexity index is 954. The van der Waals surface area contributed by atoms with Crippen LogP contribution in [0.5, 0.6) is 17.2 Å². The molecule has 0 radical (unpaired) electrons. The minimum Gasteiger partial charge on any atom is -0.496 e. The van der Waals surface area contributed by atoms with Crippen molar-refractivity contribution in [1.82, 2.24) is 0 Å². The van der Waals surface area contributed by atoms with Gasteiger partial charge in [0, 0.05) is 12.0 Å². The zero-order valence-electron chi connectivity index (χ0n) is 14.2. The smallest absolute Gasteiger partial charge is 0.164 e. The zero-order chi connectivity index (χ0) is 19.4. The lowest BCUT2D eigenvalue weighted by Gasteiger charge is -2.14. The van der Waals surface area contributed by atoms with Crippen LogP contribution in [-0.2, 0) is 6.42 Å². The van der Waals surface area contributed by atoms with Crippen molar-refractivity contribution >= 4 is 28.9 Å². The fourth-order valence-corrected chi connectivity index (χ4v) is 3.15. The molecule has 0 spiro atoms. The van der Waals surface area contributed by atoms with Crippen molar-refractivity contribution < 1.29 is 13.9 Å². The third-order valence-electron chi connectivity index (χ3n) is 3.87. The summed E-state index contributed by atoms with van der Waals surface area (Å²) in [7, 11) is 1.57. The predicted octanol–water partition coefficient (Wildman–Crippen LogP) is 6.92. The van der Waals surface area contributed by atoms with Crippen LogP contribution in [0, 0.1) is 10.7 Å². The lowest BCUT2D eigenvalue weighted by molar-refractivity contribution is 0.408. The fraction of sp³-hybridized carbons (Fsp3) is 0.100. The van der Waals surface area contributed by atoms with Gasteiger partial charge in [-0.15, -0.1) is 4.91 Å². The van der Waals surface area contributed by atoms with Crippen LogP contribution >= 0.6 is 23.2 Å². The Morgan fingerprint density at radius 2 is 1.67 bits per heavy atom. The molecule has 0 aliphatic heterocycles. The second kappa shape index (κ2) is 8.37. The second-order valence-corrected chi connectivity index (χ2v) is 6.52. The van der Waals surface area contributed by atoms with Gasteiger partial charge in [0.05, 0.1) is 17.2 Å². The first-order chi connectivity index (χ1) is 13.0. The molecule has 27 heavy (non-hydrogen) atoms. The van der Waals surface area contributed by atoms with Crippen molar-refractivity contribution in [3.8, 4) is 17.2 Å². The van der Waals surface area contributed by atoms with Crippen LogP contribution in [0.4, 0.5) is 10.1 Å². The SMILES string of the molecule is COc1ccc(Oc2c(Cl)cc(N=O)cc2Cl)cc1Cc1ccc(F)cc1. The summed E-state index contributed by atoms with van der Waals surface area (Å²) in [4.78, 5) is 10.6. The van der Waals surface area contributed by atoms with E-state index in [1.165, 1.54) is 24.3 Å². The Morgan fingerprint density at radius 1 is 1.00 bits per heavy atom. The maximum Gasteiger partial charge on any atom is 0.164 e. The number of hydrogen-bond acceptors (Lipinski definition) is 4. The van der Waals surface area contributed by atoms with Gasteiger partial charge in [0.25, 0.3) is 0 Å². The number of halogens is 3. The standard InChI is InChI=1S/C20H14Cl2FNO3/c1-26-19-7-6-16(9-13(19)8-12-2-4-14(23)5-3-12)27-20-17(21)10-15(24-25)11-18(20)22/h2-7,9-11H,8H2,1H3. The number of ether oxygens (including phenoxy) is 2. The molecule has 0 saturated heterocycles. The van der Waals surface area contributed by atoms with Crippen LogP contribution in [0.2, 0.25) is 10.0 Å². The van der Waals surface area contributed by atoms with Gasteiger partial charge < -0.3 is 9.47 Å². The summed E-state index contributed by atoms with van der Waals surface area (Å²) in [6.45, 7) is 0. The Kier molecular flexibility index (Phi) is 5.94. The molecule has 4 nitrogen and oxygen atoms in total. The van der Waals surface area contributed by atoms with Gasteiger partial charge in [-0.05, 0) is 53.2 Å². The topological polar surface area (TPSA) is 47.9 Å². The van der Waals surface area contributed by atoms with Crippen molar-refractivity contribution in [2.24, 2.45) is 5.18 Å². The Morgan fingerprint density at radius 3 is 2.26 bits per heavy atom. The number of nitroso groups, excluding NO2 is 1. The van der Waals surface area contributed by atoms with E-state index in [9.17, 15) is 9.30 Å². The zero-order valence-corrected chi connectivity index (χ0v) is 15.7. The van der Waals surface area contributed by atoms with Gasteiger partial charge in [-0.25, -0.2) is 4.39 Å². The minimum absolute atomic E-state index is 0.115. The van der Waals surface area contributed by atoms with E-state index in [1.807, 2.05) is 0 Å². The number of hydrogen-bond donors (Lipinski definition) is 0.